The zero-order valence-electron chi connectivity index (χ0n) is 7.97. The van der Waals surface area contributed by atoms with Crippen molar-refractivity contribution in [3.05, 3.63) is 10.6 Å². The van der Waals surface area contributed by atoms with E-state index >= 15 is 0 Å². The lowest BCUT2D eigenvalue weighted by Crippen LogP contribution is -2.29. The molecule has 0 spiro atoms. The predicted octanol–water partition coefficient (Wildman–Crippen LogP) is 1.90. The predicted molar refractivity (Wildman–Crippen MR) is 55.7 cm³/mol. The van der Waals surface area contributed by atoms with Crippen LogP contribution >= 0.6 is 0 Å². The summed E-state index contributed by atoms with van der Waals surface area (Å²) in [5.41, 5.74) is 1.31. The molecular formula is C10H17NOS. The van der Waals surface area contributed by atoms with Crippen molar-refractivity contribution in [2.24, 2.45) is 0 Å². The van der Waals surface area contributed by atoms with E-state index in [0.29, 0.717) is 0 Å². The Balaban J connectivity index is 2.18. The number of rotatable bonds is 0. The summed E-state index contributed by atoms with van der Waals surface area (Å²) in [6, 6.07) is 0. The van der Waals surface area contributed by atoms with Crippen LogP contribution < -0.4 is 5.32 Å². The van der Waals surface area contributed by atoms with Crippen LogP contribution in [0, 0.1) is 0 Å². The Morgan fingerprint density at radius 2 is 1.85 bits per heavy atom. The van der Waals surface area contributed by atoms with Crippen molar-refractivity contribution in [2.75, 3.05) is 12.3 Å². The molecule has 0 radical (unpaired) electrons. The Morgan fingerprint density at radius 3 is 2.69 bits per heavy atom. The molecule has 1 unspecified atom stereocenters. The van der Waals surface area contributed by atoms with Crippen molar-refractivity contribution in [3.8, 4) is 0 Å². The van der Waals surface area contributed by atoms with Gasteiger partial charge in [-0.1, -0.05) is 12.8 Å². The topological polar surface area (TPSA) is 29.1 Å². The Labute approximate surface area is 82.2 Å². The average molecular weight is 199 g/mol. The molecule has 0 fully saturated rings. The van der Waals surface area contributed by atoms with Gasteiger partial charge in [0.25, 0.3) is 0 Å². The van der Waals surface area contributed by atoms with Crippen LogP contribution in [-0.2, 0) is 10.8 Å². The minimum absolute atomic E-state index is 0.658. The average Bonchev–Trinajstić information content (AvgIpc) is 2.07. The smallest absolute Gasteiger partial charge is 0.0523 e. The highest BCUT2D eigenvalue weighted by Crippen LogP contribution is 2.25. The second-order valence-corrected chi connectivity index (χ2v) is 5.38. The second-order valence-electron chi connectivity index (χ2n) is 3.79. The van der Waals surface area contributed by atoms with E-state index in [1.807, 2.05) is 0 Å². The minimum atomic E-state index is -0.658. The molecule has 0 bridgehead atoms. The van der Waals surface area contributed by atoms with E-state index in [1.165, 1.54) is 36.3 Å². The summed E-state index contributed by atoms with van der Waals surface area (Å²) in [6.07, 6.45) is 7.34. The van der Waals surface area contributed by atoms with Gasteiger partial charge in [-0.2, -0.15) is 0 Å². The van der Waals surface area contributed by atoms with Crippen LogP contribution in [0.4, 0.5) is 0 Å². The molecule has 13 heavy (non-hydrogen) atoms. The van der Waals surface area contributed by atoms with Gasteiger partial charge < -0.3 is 5.32 Å². The molecule has 1 heterocycles. The summed E-state index contributed by atoms with van der Waals surface area (Å²) < 4.78 is 11.7. The van der Waals surface area contributed by atoms with E-state index < -0.39 is 10.8 Å². The third-order valence-corrected chi connectivity index (χ3v) is 4.39. The van der Waals surface area contributed by atoms with E-state index in [0.717, 1.165) is 25.1 Å². The van der Waals surface area contributed by atoms with Crippen LogP contribution in [-0.4, -0.2) is 16.5 Å². The maximum absolute atomic E-state index is 11.7. The second kappa shape index (κ2) is 4.27. The Hall–Kier alpha value is -0.310. The molecule has 0 aromatic heterocycles. The van der Waals surface area contributed by atoms with Crippen molar-refractivity contribution < 1.29 is 4.21 Å². The van der Waals surface area contributed by atoms with Crippen molar-refractivity contribution in [2.45, 2.75) is 38.5 Å². The summed E-state index contributed by atoms with van der Waals surface area (Å²) in [6.45, 7) is 0.908. The zero-order valence-corrected chi connectivity index (χ0v) is 8.79. The summed E-state index contributed by atoms with van der Waals surface area (Å²) in [5, 5.41) is 3.41. The van der Waals surface area contributed by atoms with Gasteiger partial charge in [0.05, 0.1) is 10.8 Å². The fraction of sp³-hybridized carbons (Fsp3) is 0.800. The van der Waals surface area contributed by atoms with Crippen LogP contribution in [0.2, 0.25) is 0 Å². The van der Waals surface area contributed by atoms with E-state index in [9.17, 15) is 4.21 Å². The normalized spacial score (nSPS) is 30.0. The summed E-state index contributed by atoms with van der Waals surface area (Å²) in [5.74, 6) is 0.818. The molecule has 2 nitrogen and oxygen atoms in total. The molecule has 3 heteroatoms. The molecule has 0 aromatic rings. The van der Waals surface area contributed by atoms with Crippen LogP contribution in [0.15, 0.2) is 10.6 Å². The molecule has 0 amide bonds. The monoisotopic (exact) mass is 199 g/mol. The van der Waals surface area contributed by atoms with Gasteiger partial charge >= 0.3 is 0 Å². The molecular weight excluding hydrogens is 182 g/mol. The van der Waals surface area contributed by atoms with Crippen LogP contribution in [0.25, 0.3) is 0 Å². The third kappa shape index (κ3) is 2.13. The lowest BCUT2D eigenvalue weighted by atomic mass is 10.0. The van der Waals surface area contributed by atoms with Gasteiger partial charge in [-0.15, -0.1) is 0 Å². The van der Waals surface area contributed by atoms with Crippen LogP contribution in [0.3, 0.4) is 0 Å². The molecule has 1 aliphatic heterocycles. The summed E-state index contributed by atoms with van der Waals surface area (Å²) in [4.78, 5) is 1.23. The third-order valence-electron chi connectivity index (χ3n) is 2.82. The Morgan fingerprint density at radius 1 is 1.08 bits per heavy atom. The maximum Gasteiger partial charge on any atom is 0.0523 e. The van der Waals surface area contributed by atoms with Crippen LogP contribution in [0.1, 0.15) is 38.5 Å². The molecule has 0 saturated heterocycles. The molecule has 1 N–H and O–H groups in total. The van der Waals surface area contributed by atoms with Gasteiger partial charge in [-0.3, -0.25) is 4.21 Å². The SMILES string of the molecule is O=S1CCNC2=C1CCCCCC2. The number of nitrogens with one attached hydrogen (secondary N) is 1. The van der Waals surface area contributed by atoms with Gasteiger partial charge in [-0.25, -0.2) is 0 Å². The van der Waals surface area contributed by atoms with E-state index in [1.54, 1.807) is 0 Å². The zero-order chi connectivity index (χ0) is 9.10. The Kier molecular flexibility index (Phi) is 3.04. The first kappa shape index (κ1) is 9.25. The highest BCUT2D eigenvalue weighted by atomic mass is 32.2. The quantitative estimate of drug-likeness (QED) is 0.645. The van der Waals surface area contributed by atoms with Crippen molar-refractivity contribution in [1.82, 2.24) is 5.32 Å². The van der Waals surface area contributed by atoms with Gasteiger partial charge in [-0.05, 0) is 25.7 Å². The van der Waals surface area contributed by atoms with Gasteiger partial charge in [0.15, 0.2) is 0 Å². The molecule has 0 saturated carbocycles. The van der Waals surface area contributed by atoms with Gasteiger partial charge in [0.1, 0.15) is 0 Å². The van der Waals surface area contributed by atoms with E-state index in [4.69, 9.17) is 0 Å². The molecule has 0 aromatic carbocycles. The minimum Gasteiger partial charge on any atom is -0.387 e. The molecule has 1 aliphatic carbocycles. The van der Waals surface area contributed by atoms with Crippen LogP contribution in [0.5, 0.6) is 0 Å². The van der Waals surface area contributed by atoms with E-state index in [2.05, 4.69) is 5.32 Å². The molecule has 74 valence electrons. The van der Waals surface area contributed by atoms with Crippen molar-refractivity contribution in [3.63, 3.8) is 0 Å². The summed E-state index contributed by atoms with van der Waals surface area (Å²) in [7, 11) is -0.658. The maximum atomic E-state index is 11.7. The van der Waals surface area contributed by atoms with E-state index in [-0.39, 0.29) is 0 Å². The molecule has 2 aliphatic rings. The fourth-order valence-corrected chi connectivity index (χ4v) is 3.44. The Bertz CT molecular complexity index is 247. The van der Waals surface area contributed by atoms with Crippen molar-refractivity contribution >= 4 is 10.8 Å². The molecule has 1 atom stereocenters. The highest BCUT2D eigenvalue weighted by Gasteiger charge is 2.19. The largest absolute Gasteiger partial charge is 0.387 e. The first-order valence-corrected chi connectivity index (χ1v) is 6.54. The first-order valence-electron chi connectivity index (χ1n) is 5.22. The lowest BCUT2D eigenvalue weighted by molar-refractivity contribution is 0.588. The lowest BCUT2D eigenvalue weighted by Gasteiger charge is -2.23. The molecule has 2 rings (SSSR count). The standard InChI is InChI=1S/C10H17NOS/c12-13-8-7-11-9-5-3-1-2-4-6-10(9)13/h11H,1-8H2. The number of hydrogen-bond acceptors (Lipinski definition) is 2. The van der Waals surface area contributed by atoms with Gasteiger partial charge in [0.2, 0.25) is 0 Å². The highest BCUT2D eigenvalue weighted by molar-refractivity contribution is 7.89. The van der Waals surface area contributed by atoms with Gasteiger partial charge in [0, 0.05) is 22.9 Å². The number of hydrogen-bond donors (Lipinski definition) is 1. The fourth-order valence-electron chi connectivity index (χ4n) is 2.09. The summed E-state index contributed by atoms with van der Waals surface area (Å²) >= 11 is 0. The van der Waals surface area contributed by atoms with Crippen molar-refractivity contribution in [1.29, 1.82) is 0 Å². The first-order chi connectivity index (χ1) is 6.38. The number of allylic oxidation sites excluding steroid dienone is 2.